The highest BCUT2D eigenvalue weighted by molar-refractivity contribution is 7.21. The van der Waals surface area contributed by atoms with Crippen molar-refractivity contribution in [3.05, 3.63) is 35.3 Å². The van der Waals surface area contributed by atoms with Crippen LogP contribution >= 0.6 is 11.3 Å². The summed E-state index contributed by atoms with van der Waals surface area (Å²) in [5.74, 6) is 1.51. The number of nitrogens with one attached hydrogen (secondary N) is 1. The van der Waals surface area contributed by atoms with Crippen molar-refractivity contribution in [2.75, 3.05) is 31.2 Å². The largest absolute Gasteiger partial charge is 0.378 e. The third-order valence-corrected chi connectivity index (χ3v) is 5.57. The summed E-state index contributed by atoms with van der Waals surface area (Å²) in [6.45, 7) is 2.89. The minimum Gasteiger partial charge on any atom is -0.378 e. The van der Waals surface area contributed by atoms with Gasteiger partial charge in [0.05, 0.1) is 40.0 Å². The van der Waals surface area contributed by atoms with Crippen LogP contribution in [-0.4, -0.2) is 52.8 Å². The number of carbonyl (C=O) groups is 1. The molecule has 0 bridgehead atoms. The average Bonchev–Trinajstić information content (AvgIpc) is 3.34. The van der Waals surface area contributed by atoms with E-state index in [-0.39, 0.29) is 7.43 Å². The normalized spacial score (nSPS) is 14.4. The molecule has 3 aromatic heterocycles. The molecule has 27 heavy (non-hydrogen) atoms. The second-order valence-electron chi connectivity index (χ2n) is 6.09. The van der Waals surface area contributed by atoms with Gasteiger partial charge in [-0.1, -0.05) is 19.6 Å². The molecule has 138 valence electrons. The molecule has 4 heterocycles. The number of thiophene rings is 1. The van der Waals surface area contributed by atoms with Crippen LogP contribution in [0.2, 0.25) is 0 Å². The highest BCUT2D eigenvalue weighted by Gasteiger charge is 2.20. The molecule has 1 N–H and O–H groups in total. The fourth-order valence-corrected chi connectivity index (χ4v) is 4.19. The summed E-state index contributed by atoms with van der Waals surface area (Å²) in [5.41, 5.74) is 2.66. The maximum absolute atomic E-state index is 11.3. The minimum atomic E-state index is 0. The van der Waals surface area contributed by atoms with Gasteiger partial charge >= 0.3 is 0 Å². The van der Waals surface area contributed by atoms with Crippen LogP contribution in [0.15, 0.2) is 30.5 Å². The molecule has 4 aromatic rings. The molecule has 0 spiro atoms. The summed E-state index contributed by atoms with van der Waals surface area (Å²) in [6.07, 6.45) is 2.66. The molecular weight excluding hydrogens is 362 g/mol. The zero-order chi connectivity index (χ0) is 17.5. The van der Waals surface area contributed by atoms with Gasteiger partial charge in [0.2, 0.25) is 0 Å². The third kappa shape index (κ3) is 2.96. The maximum Gasteiger partial charge on any atom is 0.162 e. The number of morpholine rings is 1. The predicted molar refractivity (Wildman–Crippen MR) is 108 cm³/mol. The Morgan fingerprint density at radius 3 is 2.89 bits per heavy atom. The van der Waals surface area contributed by atoms with E-state index in [1.54, 1.807) is 6.20 Å². The summed E-state index contributed by atoms with van der Waals surface area (Å²) in [4.78, 5) is 23.8. The number of ether oxygens (including phenoxy) is 1. The molecule has 0 atom stereocenters. The van der Waals surface area contributed by atoms with Gasteiger partial charge in [0.15, 0.2) is 17.9 Å². The molecule has 8 heteroatoms. The molecule has 0 amide bonds. The molecule has 0 unspecified atom stereocenters. The quantitative estimate of drug-likeness (QED) is 0.547. The predicted octanol–water partition coefficient (Wildman–Crippen LogP) is 3.52. The Balaban J connectivity index is 0.00000180. The molecule has 0 saturated carbocycles. The molecule has 7 nitrogen and oxygen atoms in total. The van der Waals surface area contributed by atoms with E-state index < -0.39 is 0 Å². The topological polar surface area (TPSA) is 84.0 Å². The van der Waals surface area contributed by atoms with Crippen molar-refractivity contribution < 1.29 is 9.53 Å². The number of benzene rings is 1. The number of rotatable bonds is 3. The van der Waals surface area contributed by atoms with Crippen molar-refractivity contribution in [3.63, 3.8) is 0 Å². The molecule has 1 aliphatic rings. The Hall–Kier alpha value is -2.84. The van der Waals surface area contributed by atoms with Crippen molar-refractivity contribution in [2.45, 2.75) is 7.43 Å². The van der Waals surface area contributed by atoms with E-state index in [0.717, 1.165) is 51.9 Å². The molecule has 1 aromatic carbocycles. The van der Waals surface area contributed by atoms with Gasteiger partial charge in [-0.2, -0.15) is 5.10 Å². The van der Waals surface area contributed by atoms with E-state index in [2.05, 4.69) is 15.1 Å². The van der Waals surface area contributed by atoms with Crippen LogP contribution in [-0.2, 0) is 4.74 Å². The van der Waals surface area contributed by atoms with Gasteiger partial charge in [0.1, 0.15) is 0 Å². The van der Waals surface area contributed by atoms with E-state index in [9.17, 15) is 4.79 Å². The number of aromatic nitrogens is 4. The first-order chi connectivity index (χ1) is 12.8. The van der Waals surface area contributed by atoms with E-state index in [4.69, 9.17) is 14.7 Å². The molecule has 1 saturated heterocycles. The van der Waals surface area contributed by atoms with Crippen molar-refractivity contribution in [1.82, 2.24) is 20.2 Å². The Morgan fingerprint density at radius 2 is 2.07 bits per heavy atom. The second-order valence-corrected chi connectivity index (χ2v) is 7.17. The smallest absolute Gasteiger partial charge is 0.162 e. The average molecular weight is 381 g/mol. The molecule has 5 rings (SSSR count). The van der Waals surface area contributed by atoms with Crippen LogP contribution in [0, 0.1) is 0 Å². The number of fused-ring (bicyclic) bond motifs is 2. The van der Waals surface area contributed by atoms with E-state index >= 15 is 0 Å². The summed E-state index contributed by atoms with van der Waals surface area (Å²) >= 11 is 1.43. The van der Waals surface area contributed by atoms with Gasteiger partial charge in [0, 0.05) is 24.0 Å². The maximum atomic E-state index is 11.3. The Bertz CT molecular complexity index is 1110. The van der Waals surface area contributed by atoms with Crippen molar-refractivity contribution in [1.29, 1.82) is 0 Å². The molecule has 1 aliphatic heterocycles. The Kier molecular flexibility index (Phi) is 4.59. The number of hydrogen-bond acceptors (Lipinski definition) is 7. The lowest BCUT2D eigenvalue weighted by atomic mass is 10.1. The number of nitrogens with zero attached hydrogens (tertiary/aromatic N) is 4. The van der Waals surface area contributed by atoms with Crippen LogP contribution < -0.4 is 4.90 Å². The van der Waals surface area contributed by atoms with Gasteiger partial charge in [-0.15, -0.1) is 11.3 Å². The standard InChI is InChI=1S/C18H15N5O2S.CH4/c24-10-11-8-15-16(26-11)18(23-4-6-25-7-5-23)21-17(20-15)12-2-1-3-14-13(12)9-19-22-14;/h1-3,8-10H,4-7H2,(H,19,22);1H4. The number of aldehydes is 1. The number of aromatic amines is 1. The first kappa shape index (κ1) is 17.6. The summed E-state index contributed by atoms with van der Waals surface area (Å²) < 4.78 is 6.41. The van der Waals surface area contributed by atoms with Gasteiger partial charge in [-0.3, -0.25) is 9.89 Å². The van der Waals surface area contributed by atoms with Gasteiger partial charge in [-0.25, -0.2) is 9.97 Å². The highest BCUT2D eigenvalue weighted by Crippen LogP contribution is 2.35. The number of anilines is 1. The lowest BCUT2D eigenvalue weighted by Gasteiger charge is -2.28. The summed E-state index contributed by atoms with van der Waals surface area (Å²) in [7, 11) is 0. The lowest BCUT2D eigenvalue weighted by Crippen LogP contribution is -2.36. The summed E-state index contributed by atoms with van der Waals surface area (Å²) in [5, 5.41) is 8.09. The Morgan fingerprint density at radius 1 is 1.22 bits per heavy atom. The van der Waals surface area contributed by atoms with Crippen molar-refractivity contribution in [2.24, 2.45) is 0 Å². The SMILES string of the molecule is C.O=Cc1cc2nc(-c3cccc4[nH]ncc34)nc(N3CCOCC3)c2s1. The van der Waals surface area contributed by atoms with E-state index in [1.807, 2.05) is 24.3 Å². The first-order valence-electron chi connectivity index (χ1n) is 8.35. The first-order valence-corrected chi connectivity index (χ1v) is 9.17. The monoisotopic (exact) mass is 381 g/mol. The van der Waals surface area contributed by atoms with Gasteiger partial charge < -0.3 is 9.64 Å². The fraction of sp³-hybridized carbons (Fsp3) is 0.263. The molecule has 0 aliphatic carbocycles. The van der Waals surface area contributed by atoms with Crippen LogP contribution in [0.4, 0.5) is 5.82 Å². The fourth-order valence-electron chi connectivity index (χ4n) is 3.26. The molecular formula is C19H19N5O2S. The van der Waals surface area contributed by atoms with Crippen LogP contribution in [0.3, 0.4) is 0 Å². The number of hydrogen-bond donors (Lipinski definition) is 1. The van der Waals surface area contributed by atoms with Crippen molar-refractivity contribution in [3.8, 4) is 11.4 Å². The molecule has 1 fully saturated rings. The molecule has 0 radical (unpaired) electrons. The zero-order valence-corrected chi connectivity index (χ0v) is 14.6. The zero-order valence-electron chi connectivity index (χ0n) is 13.8. The summed E-state index contributed by atoms with van der Waals surface area (Å²) in [6, 6.07) is 7.76. The van der Waals surface area contributed by atoms with E-state index in [1.165, 1.54) is 11.3 Å². The van der Waals surface area contributed by atoms with Crippen molar-refractivity contribution >= 4 is 44.6 Å². The van der Waals surface area contributed by atoms with Crippen LogP contribution in [0.1, 0.15) is 17.1 Å². The van der Waals surface area contributed by atoms with Gasteiger partial charge in [-0.05, 0) is 12.1 Å². The minimum absolute atomic E-state index is 0. The Labute approximate surface area is 160 Å². The highest BCUT2D eigenvalue weighted by atomic mass is 32.1. The second kappa shape index (κ2) is 7.05. The van der Waals surface area contributed by atoms with E-state index in [0.29, 0.717) is 23.9 Å². The van der Waals surface area contributed by atoms with Crippen LogP contribution in [0.25, 0.3) is 32.5 Å². The third-order valence-electron chi connectivity index (χ3n) is 4.53. The number of H-pyrrole nitrogens is 1. The van der Waals surface area contributed by atoms with Crippen LogP contribution in [0.5, 0.6) is 0 Å². The lowest BCUT2D eigenvalue weighted by molar-refractivity contribution is 0.112. The van der Waals surface area contributed by atoms with Gasteiger partial charge in [0.25, 0.3) is 0 Å². The number of carbonyl (C=O) groups excluding carboxylic acids is 1.